The van der Waals surface area contributed by atoms with E-state index in [1.807, 2.05) is 31.2 Å². The lowest BCUT2D eigenvalue weighted by Gasteiger charge is -2.17. The molecular formula is C19H22ClNO2S. The maximum Gasteiger partial charge on any atom is 0.261 e. The van der Waals surface area contributed by atoms with E-state index in [2.05, 4.69) is 17.4 Å². The Balaban J connectivity index is 1.70. The van der Waals surface area contributed by atoms with Gasteiger partial charge in [-0.05, 0) is 30.2 Å². The van der Waals surface area contributed by atoms with Crippen LogP contribution < -0.4 is 10.1 Å². The number of halogens is 1. The van der Waals surface area contributed by atoms with Crippen LogP contribution in [0, 0.1) is 0 Å². The molecule has 0 unspecified atom stereocenters. The molecule has 0 aromatic heterocycles. The zero-order chi connectivity index (χ0) is 17.2. The molecular weight excluding hydrogens is 342 g/mol. The van der Waals surface area contributed by atoms with Crippen LogP contribution in [0.1, 0.15) is 18.9 Å². The molecule has 1 amide bonds. The van der Waals surface area contributed by atoms with E-state index in [9.17, 15) is 4.79 Å². The highest BCUT2D eigenvalue weighted by atomic mass is 35.5. The third-order valence-corrected chi connectivity index (χ3v) is 4.66. The highest BCUT2D eigenvalue weighted by Gasteiger charge is 2.17. The number of hydrogen-bond donors (Lipinski definition) is 1. The monoisotopic (exact) mass is 363 g/mol. The Morgan fingerprint density at radius 2 is 2.00 bits per heavy atom. The number of ether oxygens (including phenoxy) is 1. The van der Waals surface area contributed by atoms with Gasteiger partial charge in [-0.1, -0.05) is 54.9 Å². The molecule has 0 spiro atoms. The van der Waals surface area contributed by atoms with Gasteiger partial charge >= 0.3 is 0 Å². The molecule has 0 aliphatic carbocycles. The van der Waals surface area contributed by atoms with E-state index in [-0.39, 0.29) is 5.91 Å². The third-order valence-electron chi connectivity index (χ3n) is 3.39. The number of amides is 1. The van der Waals surface area contributed by atoms with Gasteiger partial charge in [-0.25, -0.2) is 0 Å². The summed E-state index contributed by atoms with van der Waals surface area (Å²) in [6.45, 7) is 2.56. The summed E-state index contributed by atoms with van der Waals surface area (Å²) in [5.74, 6) is 2.35. The van der Waals surface area contributed by atoms with Crippen LogP contribution >= 0.6 is 23.4 Å². The lowest BCUT2D eigenvalue weighted by atomic mass is 10.2. The summed E-state index contributed by atoms with van der Waals surface area (Å²) in [5.41, 5.74) is 1.30. The molecule has 0 aliphatic heterocycles. The molecule has 2 rings (SSSR count). The van der Waals surface area contributed by atoms with Crippen molar-refractivity contribution in [1.29, 1.82) is 0 Å². The van der Waals surface area contributed by atoms with Crippen molar-refractivity contribution in [3.05, 3.63) is 65.2 Å². The van der Waals surface area contributed by atoms with E-state index < -0.39 is 6.10 Å². The van der Waals surface area contributed by atoms with Crippen molar-refractivity contribution in [3.63, 3.8) is 0 Å². The van der Waals surface area contributed by atoms with Crippen LogP contribution in [0.2, 0.25) is 5.02 Å². The Morgan fingerprint density at radius 3 is 2.71 bits per heavy atom. The second-order valence-electron chi connectivity index (χ2n) is 5.30. The van der Waals surface area contributed by atoms with Crippen LogP contribution in [0.4, 0.5) is 0 Å². The zero-order valence-electron chi connectivity index (χ0n) is 13.7. The van der Waals surface area contributed by atoms with Gasteiger partial charge in [-0.2, -0.15) is 11.8 Å². The fourth-order valence-electron chi connectivity index (χ4n) is 2.15. The van der Waals surface area contributed by atoms with Gasteiger partial charge in [0.1, 0.15) is 5.75 Å². The Morgan fingerprint density at radius 1 is 1.21 bits per heavy atom. The summed E-state index contributed by atoms with van der Waals surface area (Å²) < 4.78 is 5.73. The van der Waals surface area contributed by atoms with E-state index in [4.69, 9.17) is 16.3 Å². The minimum absolute atomic E-state index is 0.0854. The van der Waals surface area contributed by atoms with E-state index >= 15 is 0 Å². The summed E-state index contributed by atoms with van der Waals surface area (Å²) in [5, 5.41) is 3.53. The maximum absolute atomic E-state index is 12.2. The number of carbonyl (C=O) groups excluding carboxylic acids is 1. The molecule has 2 aromatic carbocycles. The molecule has 1 N–H and O–H groups in total. The van der Waals surface area contributed by atoms with Crippen LogP contribution in [-0.2, 0) is 10.5 Å². The molecule has 0 radical (unpaired) electrons. The molecule has 0 heterocycles. The number of nitrogens with one attached hydrogen (secondary N) is 1. The topological polar surface area (TPSA) is 38.3 Å². The lowest BCUT2D eigenvalue weighted by molar-refractivity contribution is -0.127. The lowest BCUT2D eigenvalue weighted by Crippen LogP contribution is -2.39. The molecule has 0 aliphatic rings. The second kappa shape index (κ2) is 10.3. The summed E-state index contributed by atoms with van der Waals surface area (Å²) in [7, 11) is 0. The van der Waals surface area contributed by atoms with Crippen molar-refractivity contribution in [1.82, 2.24) is 5.32 Å². The van der Waals surface area contributed by atoms with Crippen molar-refractivity contribution in [2.24, 2.45) is 0 Å². The molecule has 3 nitrogen and oxygen atoms in total. The highest BCUT2D eigenvalue weighted by molar-refractivity contribution is 7.98. The summed E-state index contributed by atoms with van der Waals surface area (Å²) >= 11 is 7.74. The standard InChI is InChI=1S/C19H22ClNO2S/c1-2-18(23-17-10-6-9-16(20)13-17)19(22)21-11-12-24-14-15-7-4-3-5-8-15/h3-10,13,18H,2,11-12,14H2,1H3,(H,21,22)/t18-/m1/s1. The fourth-order valence-corrected chi connectivity index (χ4v) is 3.15. The quantitative estimate of drug-likeness (QED) is 0.664. The van der Waals surface area contributed by atoms with Gasteiger partial charge in [0, 0.05) is 23.1 Å². The SMILES string of the molecule is CC[C@@H](Oc1cccc(Cl)c1)C(=O)NCCSCc1ccccc1. The van der Waals surface area contributed by atoms with Crippen LogP contribution in [-0.4, -0.2) is 24.3 Å². The first kappa shape index (κ1) is 18.7. The maximum atomic E-state index is 12.2. The van der Waals surface area contributed by atoms with Crippen molar-refractivity contribution in [2.45, 2.75) is 25.2 Å². The molecule has 0 bridgehead atoms. The van der Waals surface area contributed by atoms with E-state index in [1.54, 1.807) is 30.0 Å². The molecule has 24 heavy (non-hydrogen) atoms. The first-order valence-electron chi connectivity index (χ1n) is 8.00. The Kier molecular flexibility index (Phi) is 7.99. The largest absolute Gasteiger partial charge is 0.481 e. The van der Waals surface area contributed by atoms with Crippen molar-refractivity contribution >= 4 is 29.3 Å². The number of thioether (sulfide) groups is 1. The van der Waals surface area contributed by atoms with Gasteiger partial charge in [-0.15, -0.1) is 0 Å². The first-order valence-corrected chi connectivity index (χ1v) is 9.54. The van der Waals surface area contributed by atoms with E-state index in [0.29, 0.717) is 23.7 Å². The fraction of sp³-hybridized carbons (Fsp3) is 0.316. The average Bonchev–Trinajstić information content (AvgIpc) is 2.60. The van der Waals surface area contributed by atoms with Gasteiger partial charge in [0.15, 0.2) is 6.10 Å². The number of rotatable bonds is 9. The van der Waals surface area contributed by atoms with Gasteiger partial charge in [-0.3, -0.25) is 4.79 Å². The van der Waals surface area contributed by atoms with Crippen molar-refractivity contribution in [3.8, 4) is 5.75 Å². The highest BCUT2D eigenvalue weighted by Crippen LogP contribution is 2.19. The predicted molar refractivity (Wildman–Crippen MR) is 102 cm³/mol. The molecule has 5 heteroatoms. The van der Waals surface area contributed by atoms with Gasteiger partial charge in [0.2, 0.25) is 0 Å². The van der Waals surface area contributed by atoms with Gasteiger partial charge in [0.05, 0.1) is 0 Å². The first-order chi connectivity index (χ1) is 11.7. The zero-order valence-corrected chi connectivity index (χ0v) is 15.3. The molecule has 0 saturated heterocycles. The Labute approximate surface area is 152 Å². The van der Waals surface area contributed by atoms with Crippen LogP contribution in [0.25, 0.3) is 0 Å². The second-order valence-corrected chi connectivity index (χ2v) is 6.84. The minimum atomic E-state index is -0.498. The third kappa shape index (κ3) is 6.46. The smallest absolute Gasteiger partial charge is 0.261 e. The molecule has 128 valence electrons. The minimum Gasteiger partial charge on any atom is -0.481 e. The average molecular weight is 364 g/mol. The van der Waals surface area contributed by atoms with Crippen molar-refractivity contribution in [2.75, 3.05) is 12.3 Å². The molecule has 0 fully saturated rings. The summed E-state index contributed by atoms with van der Waals surface area (Å²) in [6.07, 6.45) is 0.109. The van der Waals surface area contributed by atoms with E-state index in [0.717, 1.165) is 11.5 Å². The number of hydrogen-bond acceptors (Lipinski definition) is 3. The van der Waals surface area contributed by atoms with Crippen LogP contribution in [0.5, 0.6) is 5.75 Å². The van der Waals surface area contributed by atoms with Crippen LogP contribution in [0.15, 0.2) is 54.6 Å². The molecule has 2 aromatic rings. The van der Waals surface area contributed by atoms with Crippen molar-refractivity contribution < 1.29 is 9.53 Å². The Hall–Kier alpha value is -1.65. The summed E-state index contributed by atoms with van der Waals surface area (Å²) in [4.78, 5) is 12.2. The number of carbonyl (C=O) groups is 1. The normalized spacial score (nSPS) is 11.8. The van der Waals surface area contributed by atoms with E-state index in [1.165, 1.54) is 5.56 Å². The molecule has 0 saturated carbocycles. The molecule has 1 atom stereocenters. The van der Waals surface area contributed by atoms with Gasteiger partial charge in [0.25, 0.3) is 5.91 Å². The number of benzene rings is 2. The predicted octanol–water partition coefficient (Wildman–Crippen LogP) is 4.55. The Bertz CT molecular complexity index is 636. The van der Waals surface area contributed by atoms with Crippen LogP contribution in [0.3, 0.4) is 0 Å². The summed E-state index contributed by atoms with van der Waals surface area (Å²) in [6, 6.07) is 17.4. The van der Waals surface area contributed by atoms with Gasteiger partial charge < -0.3 is 10.1 Å².